The Bertz CT molecular complexity index is 483. The molecular formula is C11H19N3O2S. The van der Waals surface area contributed by atoms with Gasteiger partial charge in [0.2, 0.25) is 0 Å². The monoisotopic (exact) mass is 257 g/mol. The van der Waals surface area contributed by atoms with E-state index >= 15 is 0 Å². The van der Waals surface area contributed by atoms with Crippen LogP contribution in [0.5, 0.6) is 0 Å². The van der Waals surface area contributed by atoms with Crippen LogP contribution in [-0.2, 0) is 9.84 Å². The Labute approximate surface area is 103 Å². The molecule has 0 saturated carbocycles. The summed E-state index contributed by atoms with van der Waals surface area (Å²) in [6.45, 7) is 3.71. The normalized spacial score (nSPS) is 12.2. The largest absolute Gasteiger partial charge is 0.373 e. The van der Waals surface area contributed by atoms with E-state index in [4.69, 9.17) is 0 Å². The molecule has 1 aromatic rings. The van der Waals surface area contributed by atoms with Crippen LogP contribution in [0.1, 0.15) is 13.8 Å². The fourth-order valence-corrected chi connectivity index (χ4v) is 1.44. The highest BCUT2D eigenvalue weighted by molar-refractivity contribution is 7.92. The Balaban J connectivity index is 2.74. The van der Waals surface area contributed by atoms with E-state index in [0.29, 0.717) is 12.4 Å². The molecule has 0 amide bonds. The topological polar surface area (TPSA) is 71.1 Å². The van der Waals surface area contributed by atoms with Crippen molar-refractivity contribution in [3.8, 4) is 0 Å². The molecule has 0 radical (unpaired) electrons. The molecule has 0 unspecified atom stereocenters. The van der Waals surface area contributed by atoms with Crippen LogP contribution in [0.3, 0.4) is 0 Å². The van der Waals surface area contributed by atoms with Crippen LogP contribution >= 0.6 is 0 Å². The highest BCUT2D eigenvalue weighted by Crippen LogP contribution is 2.16. The van der Waals surface area contributed by atoms with Crippen LogP contribution < -0.4 is 10.6 Å². The van der Waals surface area contributed by atoms with Gasteiger partial charge in [0, 0.05) is 19.8 Å². The first-order valence-corrected chi connectivity index (χ1v) is 7.24. The van der Waals surface area contributed by atoms with Crippen LogP contribution in [0.4, 0.5) is 11.6 Å². The summed E-state index contributed by atoms with van der Waals surface area (Å²) in [6.07, 6.45) is 1.24. The van der Waals surface area contributed by atoms with Gasteiger partial charge in [0.05, 0.1) is 4.75 Å². The molecule has 1 aromatic heterocycles. The van der Waals surface area contributed by atoms with Crippen molar-refractivity contribution in [3.63, 3.8) is 0 Å². The third-order valence-corrected chi connectivity index (χ3v) is 4.86. The Hall–Kier alpha value is -1.30. The van der Waals surface area contributed by atoms with Gasteiger partial charge in [-0.1, -0.05) is 6.07 Å². The Kier molecular flexibility index (Phi) is 3.98. The average Bonchev–Trinajstić information content (AvgIpc) is 2.25. The van der Waals surface area contributed by atoms with Gasteiger partial charge < -0.3 is 10.6 Å². The molecule has 6 heteroatoms. The third kappa shape index (κ3) is 3.59. The van der Waals surface area contributed by atoms with Crippen molar-refractivity contribution >= 4 is 21.5 Å². The number of nitrogens with one attached hydrogen (secondary N) is 2. The van der Waals surface area contributed by atoms with Gasteiger partial charge in [-0.25, -0.2) is 13.4 Å². The summed E-state index contributed by atoms with van der Waals surface area (Å²) in [5.74, 6) is 1.40. The van der Waals surface area contributed by atoms with Gasteiger partial charge in [-0.15, -0.1) is 0 Å². The molecular weight excluding hydrogens is 238 g/mol. The summed E-state index contributed by atoms with van der Waals surface area (Å²) in [5.41, 5.74) is 0. The number of sulfone groups is 1. The van der Waals surface area contributed by atoms with Gasteiger partial charge in [-0.05, 0) is 26.0 Å². The quantitative estimate of drug-likeness (QED) is 0.833. The first-order valence-electron chi connectivity index (χ1n) is 5.34. The number of rotatable bonds is 5. The standard InChI is InChI=1S/C11H19N3O2S/c1-11(2,17(4,15)16)8-13-10-7-5-6-9(12-3)14-10/h5-7H,8H2,1-4H3,(H2,12,13,14). The Morgan fingerprint density at radius 2 is 1.88 bits per heavy atom. The van der Waals surface area contributed by atoms with E-state index in [1.807, 2.05) is 12.1 Å². The van der Waals surface area contributed by atoms with Crippen molar-refractivity contribution in [2.45, 2.75) is 18.6 Å². The molecule has 2 N–H and O–H groups in total. The summed E-state index contributed by atoms with van der Waals surface area (Å²) >= 11 is 0. The van der Waals surface area contributed by atoms with Gasteiger partial charge in [0.25, 0.3) is 0 Å². The summed E-state index contributed by atoms with van der Waals surface area (Å²) in [5, 5.41) is 5.96. The molecule has 5 nitrogen and oxygen atoms in total. The highest BCUT2D eigenvalue weighted by atomic mass is 32.2. The number of hydrogen-bond acceptors (Lipinski definition) is 5. The molecule has 0 aromatic carbocycles. The summed E-state index contributed by atoms with van der Waals surface area (Å²) in [4.78, 5) is 4.26. The molecule has 0 saturated heterocycles. The van der Waals surface area contributed by atoms with Crippen molar-refractivity contribution in [2.24, 2.45) is 0 Å². The van der Waals surface area contributed by atoms with Crippen molar-refractivity contribution in [1.82, 2.24) is 4.98 Å². The highest BCUT2D eigenvalue weighted by Gasteiger charge is 2.29. The molecule has 0 spiro atoms. The van der Waals surface area contributed by atoms with Gasteiger partial charge in [0.1, 0.15) is 11.6 Å². The lowest BCUT2D eigenvalue weighted by Gasteiger charge is -2.23. The maximum Gasteiger partial charge on any atom is 0.154 e. The van der Waals surface area contributed by atoms with Crippen molar-refractivity contribution < 1.29 is 8.42 Å². The van der Waals surface area contributed by atoms with Crippen LogP contribution in [0.2, 0.25) is 0 Å². The van der Waals surface area contributed by atoms with Gasteiger partial charge in [0.15, 0.2) is 9.84 Å². The fraction of sp³-hybridized carbons (Fsp3) is 0.545. The molecule has 0 aliphatic carbocycles. The van der Waals surface area contributed by atoms with E-state index in [9.17, 15) is 8.42 Å². The Morgan fingerprint density at radius 3 is 2.41 bits per heavy atom. The van der Waals surface area contributed by atoms with Crippen LogP contribution in [0.15, 0.2) is 18.2 Å². The number of pyridine rings is 1. The van der Waals surface area contributed by atoms with Crippen LogP contribution in [0.25, 0.3) is 0 Å². The smallest absolute Gasteiger partial charge is 0.154 e. The fourth-order valence-electron chi connectivity index (χ4n) is 1.11. The van der Waals surface area contributed by atoms with Crippen LogP contribution in [0, 0.1) is 0 Å². The molecule has 0 fully saturated rings. The van der Waals surface area contributed by atoms with E-state index < -0.39 is 14.6 Å². The molecule has 0 aliphatic rings. The minimum atomic E-state index is -3.09. The molecule has 0 bridgehead atoms. The second-order valence-corrected chi connectivity index (χ2v) is 7.19. The summed E-state index contributed by atoms with van der Waals surface area (Å²) in [7, 11) is -1.31. The predicted octanol–water partition coefficient (Wildman–Crippen LogP) is 1.36. The van der Waals surface area contributed by atoms with Crippen molar-refractivity contribution in [2.75, 3.05) is 30.5 Å². The van der Waals surface area contributed by atoms with E-state index in [-0.39, 0.29) is 0 Å². The lowest BCUT2D eigenvalue weighted by molar-refractivity contribution is 0.559. The van der Waals surface area contributed by atoms with Crippen molar-refractivity contribution in [3.05, 3.63) is 18.2 Å². The van der Waals surface area contributed by atoms with Gasteiger partial charge in [-0.2, -0.15) is 0 Å². The Morgan fingerprint density at radius 1 is 1.29 bits per heavy atom. The van der Waals surface area contributed by atoms with E-state index in [1.165, 1.54) is 6.26 Å². The second-order valence-electron chi connectivity index (χ2n) is 4.54. The predicted molar refractivity (Wildman–Crippen MR) is 71.2 cm³/mol. The van der Waals surface area contributed by atoms with E-state index in [1.54, 1.807) is 27.0 Å². The zero-order valence-electron chi connectivity index (χ0n) is 10.6. The molecule has 17 heavy (non-hydrogen) atoms. The SMILES string of the molecule is CNc1cccc(NCC(C)(C)S(C)(=O)=O)n1. The number of aromatic nitrogens is 1. The maximum absolute atomic E-state index is 11.5. The number of nitrogens with zero attached hydrogens (tertiary/aromatic N) is 1. The summed E-state index contributed by atoms with van der Waals surface area (Å²) < 4.78 is 22.2. The first kappa shape index (κ1) is 13.8. The molecule has 1 rings (SSSR count). The minimum absolute atomic E-state index is 0.325. The number of anilines is 2. The van der Waals surface area contributed by atoms with Gasteiger partial charge in [-0.3, -0.25) is 0 Å². The average molecular weight is 257 g/mol. The minimum Gasteiger partial charge on any atom is -0.373 e. The third-order valence-electron chi connectivity index (χ3n) is 2.70. The summed E-state index contributed by atoms with van der Waals surface area (Å²) in [6, 6.07) is 5.50. The molecule has 0 atom stereocenters. The van der Waals surface area contributed by atoms with Crippen molar-refractivity contribution in [1.29, 1.82) is 0 Å². The van der Waals surface area contributed by atoms with Gasteiger partial charge >= 0.3 is 0 Å². The second kappa shape index (κ2) is 4.91. The molecule has 1 heterocycles. The lowest BCUT2D eigenvalue weighted by atomic mass is 10.2. The first-order chi connectivity index (χ1) is 7.76. The van der Waals surface area contributed by atoms with Crippen LogP contribution in [-0.4, -0.2) is 38.0 Å². The molecule has 96 valence electrons. The zero-order valence-corrected chi connectivity index (χ0v) is 11.4. The molecule has 0 aliphatic heterocycles. The van der Waals surface area contributed by atoms with E-state index in [2.05, 4.69) is 15.6 Å². The van der Waals surface area contributed by atoms with E-state index in [0.717, 1.165) is 5.82 Å². The maximum atomic E-state index is 11.5. The lowest BCUT2D eigenvalue weighted by Crippen LogP contribution is -2.38. The zero-order chi connectivity index (χ0) is 13.1. The number of hydrogen-bond donors (Lipinski definition) is 2.